The van der Waals surface area contributed by atoms with Crippen LogP contribution in [0.3, 0.4) is 0 Å². The number of rotatable bonds is 6. The van der Waals surface area contributed by atoms with Crippen LogP contribution in [0.5, 0.6) is 0 Å². The Kier molecular flexibility index (Phi) is 6.52. The van der Waals surface area contributed by atoms with E-state index in [1.807, 2.05) is 0 Å². The molecule has 4 nitrogen and oxygen atoms in total. The number of amides is 1. The van der Waals surface area contributed by atoms with Gasteiger partial charge in [0, 0.05) is 6.42 Å². The van der Waals surface area contributed by atoms with Crippen LogP contribution < -0.4 is 10.6 Å². The summed E-state index contributed by atoms with van der Waals surface area (Å²) in [6.07, 6.45) is 3.72. The monoisotopic (exact) mass is 242 g/mol. The maximum absolute atomic E-state index is 11.8. The molecule has 0 bridgehead atoms. The van der Waals surface area contributed by atoms with E-state index in [1.54, 1.807) is 0 Å². The van der Waals surface area contributed by atoms with Gasteiger partial charge in [-0.3, -0.25) is 4.79 Å². The van der Waals surface area contributed by atoms with E-state index >= 15 is 0 Å². The number of nitrogens with one attached hydrogen (secondary N) is 2. The maximum Gasteiger partial charge on any atom is 0.220 e. The summed E-state index contributed by atoms with van der Waals surface area (Å²) >= 11 is 0. The Morgan fingerprint density at radius 1 is 1.53 bits per heavy atom. The van der Waals surface area contributed by atoms with Crippen molar-refractivity contribution in [3.8, 4) is 0 Å². The molecule has 1 amide bonds. The Morgan fingerprint density at radius 2 is 2.29 bits per heavy atom. The highest BCUT2D eigenvalue weighted by atomic mass is 16.3. The van der Waals surface area contributed by atoms with Gasteiger partial charge in [-0.15, -0.1) is 0 Å². The lowest BCUT2D eigenvalue weighted by molar-refractivity contribution is -0.123. The lowest BCUT2D eigenvalue weighted by Crippen LogP contribution is -2.40. The Balaban J connectivity index is 2.26. The van der Waals surface area contributed by atoms with Crippen molar-refractivity contribution >= 4 is 5.91 Å². The summed E-state index contributed by atoms with van der Waals surface area (Å²) in [5.74, 6) is 1.03. The fourth-order valence-corrected chi connectivity index (χ4v) is 2.40. The largest absolute Gasteiger partial charge is 0.394 e. The third-order valence-electron chi connectivity index (χ3n) is 3.21. The minimum absolute atomic E-state index is 0.0346. The van der Waals surface area contributed by atoms with Gasteiger partial charge in [-0.25, -0.2) is 0 Å². The van der Waals surface area contributed by atoms with Gasteiger partial charge < -0.3 is 15.7 Å². The second kappa shape index (κ2) is 7.67. The average molecular weight is 242 g/mol. The van der Waals surface area contributed by atoms with Crippen LogP contribution in [0.25, 0.3) is 0 Å². The molecule has 0 spiro atoms. The van der Waals surface area contributed by atoms with Crippen LogP contribution in [0.4, 0.5) is 0 Å². The van der Waals surface area contributed by atoms with Crippen molar-refractivity contribution in [2.45, 2.75) is 45.6 Å². The maximum atomic E-state index is 11.8. The van der Waals surface area contributed by atoms with Gasteiger partial charge in [-0.1, -0.05) is 13.8 Å². The van der Waals surface area contributed by atoms with Crippen molar-refractivity contribution in [1.82, 2.24) is 10.6 Å². The van der Waals surface area contributed by atoms with E-state index in [2.05, 4.69) is 24.5 Å². The molecular formula is C13H26N2O2. The van der Waals surface area contributed by atoms with Gasteiger partial charge >= 0.3 is 0 Å². The molecule has 0 radical (unpaired) electrons. The number of carbonyl (C=O) groups excluding carboxylic acids is 1. The van der Waals surface area contributed by atoms with Crippen molar-refractivity contribution < 1.29 is 9.90 Å². The molecule has 1 aliphatic rings. The zero-order chi connectivity index (χ0) is 12.7. The van der Waals surface area contributed by atoms with E-state index in [4.69, 9.17) is 0 Å². The molecule has 3 N–H and O–H groups in total. The summed E-state index contributed by atoms with van der Waals surface area (Å²) in [5, 5.41) is 15.4. The van der Waals surface area contributed by atoms with E-state index in [0.29, 0.717) is 18.3 Å². The summed E-state index contributed by atoms with van der Waals surface area (Å²) < 4.78 is 0. The van der Waals surface area contributed by atoms with E-state index in [1.165, 1.54) is 0 Å². The standard InChI is InChI=1S/C13H26N2O2/c1-10(2)6-12(9-16)15-13(17)7-11-4-3-5-14-8-11/h10-12,14,16H,3-9H2,1-2H3,(H,15,17). The average Bonchev–Trinajstić information content (AvgIpc) is 2.28. The molecule has 1 rings (SSSR count). The fraction of sp³-hybridized carbons (Fsp3) is 0.923. The first kappa shape index (κ1) is 14.5. The molecule has 0 aromatic heterocycles. The topological polar surface area (TPSA) is 61.4 Å². The Labute approximate surface area is 104 Å². The van der Waals surface area contributed by atoms with Gasteiger partial charge in [-0.05, 0) is 44.2 Å². The minimum atomic E-state index is -0.0842. The molecule has 0 saturated carbocycles. The molecule has 0 aromatic rings. The van der Waals surface area contributed by atoms with Gasteiger partial charge in [0.25, 0.3) is 0 Å². The van der Waals surface area contributed by atoms with Gasteiger partial charge in [-0.2, -0.15) is 0 Å². The summed E-state index contributed by atoms with van der Waals surface area (Å²) in [5.41, 5.74) is 0. The van der Waals surface area contributed by atoms with Crippen LogP contribution >= 0.6 is 0 Å². The van der Waals surface area contributed by atoms with Crippen molar-refractivity contribution in [3.05, 3.63) is 0 Å². The molecule has 1 aliphatic heterocycles. The van der Waals surface area contributed by atoms with Crippen molar-refractivity contribution in [2.24, 2.45) is 11.8 Å². The molecule has 100 valence electrons. The highest BCUT2D eigenvalue weighted by Gasteiger charge is 2.19. The predicted octanol–water partition coefficient (Wildman–Crippen LogP) is 0.899. The van der Waals surface area contributed by atoms with Crippen LogP contribution in [0.2, 0.25) is 0 Å². The van der Waals surface area contributed by atoms with E-state index < -0.39 is 0 Å². The molecule has 2 atom stereocenters. The van der Waals surface area contributed by atoms with E-state index in [0.717, 1.165) is 32.4 Å². The first-order chi connectivity index (χ1) is 8.11. The van der Waals surface area contributed by atoms with Crippen LogP contribution in [0.1, 0.15) is 39.5 Å². The SMILES string of the molecule is CC(C)CC(CO)NC(=O)CC1CCCNC1. The number of aliphatic hydroxyl groups excluding tert-OH is 1. The number of aliphatic hydroxyl groups is 1. The summed E-state index contributed by atoms with van der Waals surface area (Å²) in [7, 11) is 0. The number of hydrogen-bond acceptors (Lipinski definition) is 3. The molecule has 0 aromatic carbocycles. The third kappa shape index (κ3) is 6.03. The zero-order valence-electron chi connectivity index (χ0n) is 11.0. The third-order valence-corrected chi connectivity index (χ3v) is 3.21. The van der Waals surface area contributed by atoms with Crippen molar-refractivity contribution in [2.75, 3.05) is 19.7 Å². The smallest absolute Gasteiger partial charge is 0.220 e. The second-order valence-corrected chi connectivity index (χ2v) is 5.49. The van der Waals surface area contributed by atoms with Crippen LogP contribution in [-0.4, -0.2) is 36.8 Å². The van der Waals surface area contributed by atoms with Crippen molar-refractivity contribution in [1.29, 1.82) is 0 Å². The number of carbonyl (C=O) groups is 1. The quantitative estimate of drug-likeness (QED) is 0.648. The number of hydrogen-bond donors (Lipinski definition) is 3. The van der Waals surface area contributed by atoms with Gasteiger partial charge in [0.15, 0.2) is 0 Å². The van der Waals surface area contributed by atoms with E-state index in [9.17, 15) is 9.90 Å². The van der Waals surface area contributed by atoms with E-state index in [-0.39, 0.29) is 18.6 Å². The summed E-state index contributed by atoms with van der Waals surface area (Å²) in [6.45, 7) is 6.25. The number of piperidine rings is 1. The minimum Gasteiger partial charge on any atom is -0.394 e. The lowest BCUT2D eigenvalue weighted by atomic mass is 9.95. The molecule has 1 fully saturated rings. The molecule has 1 saturated heterocycles. The molecule has 0 aliphatic carbocycles. The van der Waals surface area contributed by atoms with Gasteiger partial charge in [0.2, 0.25) is 5.91 Å². The Bertz CT molecular complexity index is 225. The van der Waals surface area contributed by atoms with Crippen LogP contribution in [0, 0.1) is 11.8 Å². The van der Waals surface area contributed by atoms with Crippen LogP contribution in [0.15, 0.2) is 0 Å². The highest BCUT2D eigenvalue weighted by Crippen LogP contribution is 2.14. The van der Waals surface area contributed by atoms with Gasteiger partial charge in [0.1, 0.15) is 0 Å². The summed E-state index contributed by atoms with van der Waals surface area (Å²) in [6, 6.07) is -0.0842. The van der Waals surface area contributed by atoms with Crippen LogP contribution in [-0.2, 0) is 4.79 Å². The second-order valence-electron chi connectivity index (χ2n) is 5.49. The Morgan fingerprint density at radius 3 is 2.82 bits per heavy atom. The molecule has 17 heavy (non-hydrogen) atoms. The Hall–Kier alpha value is -0.610. The molecule has 2 unspecified atom stereocenters. The first-order valence-electron chi connectivity index (χ1n) is 6.72. The normalized spacial score (nSPS) is 22.5. The molecular weight excluding hydrogens is 216 g/mol. The zero-order valence-corrected chi connectivity index (χ0v) is 11.0. The highest BCUT2D eigenvalue weighted by molar-refractivity contribution is 5.76. The molecule has 1 heterocycles. The van der Waals surface area contributed by atoms with Crippen molar-refractivity contribution in [3.63, 3.8) is 0 Å². The fourth-order valence-electron chi connectivity index (χ4n) is 2.40. The van der Waals surface area contributed by atoms with Gasteiger partial charge in [0.05, 0.1) is 12.6 Å². The lowest BCUT2D eigenvalue weighted by Gasteiger charge is -2.24. The molecule has 4 heteroatoms. The predicted molar refractivity (Wildman–Crippen MR) is 68.7 cm³/mol. The summed E-state index contributed by atoms with van der Waals surface area (Å²) in [4.78, 5) is 11.8. The first-order valence-corrected chi connectivity index (χ1v) is 6.72.